The van der Waals surface area contributed by atoms with Crippen LogP contribution >= 0.6 is 0 Å². The number of nitrogens with two attached hydrogens (primary N) is 1. The number of pyridine rings is 1. The van der Waals surface area contributed by atoms with Crippen LogP contribution in [-0.2, 0) is 0 Å². The minimum Gasteiger partial charge on any atom is -0.397 e. The SMILES string of the molecule is Cc1cc(N)cnc1NC(=O)c1ccc2ccccc2c1. The van der Waals surface area contributed by atoms with Crippen LogP contribution in [0.3, 0.4) is 0 Å². The van der Waals surface area contributed by atoms with Crippen LogP contribution in [0.1, 0.15) is 15.9 Å². The van der Waals surface area contributed by atoms with Gasteiger partial charge in [0.25, 0.3) is 5.91 Å². The second-order valence-corrected chi connectivity index (χ2v) is 4.95. The average Bonchev–Trinajstić information content (AvgIpc) is 2.49. The van der Waals surface area contributed by atoms with Crippen LogP contribution in [-0.4, -0.2) is 10.9 Å². The predicted molar refractivity (Wildman–Crippen MR) is 85.3 cm³/mol. The quantitative estimate of drug-likeness (QED) is 0.754. The molecule has 1 aromatic heterocycles. The number of carbonyl (C=O) groups is 1. The molecule has 4 nitrogen and oxygen atoms in total. The third-order valence-corrected chi connectivity index (χ3v) is 3.34. The van der Waals surface area contributed by atoms with E-state index < -0.39 is 0 Å². The Morgan fingerprint density at radius 2 is 1.86 bits per heavy atom. The van der Waals surface area contributed by atoms with Crippen molar-refractivity contribution in [3.05, 3.63) is 65.9 Å². The smallest absolute Gasteiger partial charge is 0.256 e. The fraction of sp³-hybridized carbons (Fsp3) is 0.0588. The number of benzene rings is 2. The van der Waals surface area contributed by atoms with E-state index in [4.69, 9.17) is 5.73 Å². The van der Waals surface area contributed by atoms with Crippen LogP contribution in [0.4, 0.5) is 11.5 Å². The van der Waals surface area contributed by atoms with Crippen molar-refractivity contribution in [3.63, 3.8) is 0 Å². The molecule has 104 valence electrons. The first-order valence-electron chi connectivity index (χ1n) is 6.66. The van der Waals surface area contributed by atoms with Gasteiger partial charge in [-0.05, 0) is 41.5 Å². The number of nitrogens with one attached hydrogen (secondary N) is 1. The Balaban J connectivity index is 1.89. The van der Waals surface area contributed by atoms with Gasteiger partial charge >= 0.3 is 0 Å². The van der Waals surface area contributed by atoms with Crippen molar-refractivity contribution in [1.29, 1.82) is 0 Å². The molecule has 0 aliphatic heterocycles. The molecule has 0 spiro atoms. The molecule has 0 unspecified atom stereocenters. The number of anilines is 2. The number of aromatic nitrogens is 1. The summed E-state index contributed by atoms with van der Waals surface area (Å²) in [7, 11) is 0. The minimum absolute atomic E-state index is 0.180. The van der Waals surface area contributed by atoms with E-state index in [1.165, 1.54) is 6.20 Å². The van der Waals surface area contributed by atoms with Gasteiger partial charge < -0.3 is 11.1 Å². The molecule has 0 bridgehead atoms. The van der Waals surface area contributed by atoms with E-state index in [1.807, 2.05) is 49.4 Å². The van der Waals surface area contributed by atoms with Crippen LogP contribution in [0.5, 0.6) is 0 Å². The molecule has 1 amide bonds. The standard InChI is InChI=1S/C17H15N3O/c1-11-8-15(18)10-19-16(11)20-17(21)14-7-6-12-4-2-3-5-13(12)9-14/h2-10H,18H2,1H3,(H,19,20,21). The summed E-state index contributed by atoms with van der Waals surface area (Å²) in [6, 6.07) is 15.3. The van der Waals surface area contributed by atoms with Gasteiger partial charge in [0.15, 0.2) is 0 Å². The van der Waals surface area contributed by atoms with E-state index in [9.17, 15) is 4.79 Å². The van der Waals surface area contributed by atoms with Gasteiger partial charge in [0.1, 0.15) is 5.82 Å². The third kappa shape index (κ3) is 2.69. The molecular formula is C17H15N3O. The lowest BCUT2D eigenvalue weighted by atomic mass is 10.1. The molecule has 3 N–H and O–H groups in total. The van der Waals surface area contributed by atoms with E-state index in [-0.39, 0.29) is 5.91 Å². The van der Waals surface area contributed by atoms with Gasteiger partial charge in [0.05, 0.1) is 11.9 Å². The number of nitrogens with zero attached hydrogens (tertiary/aromatic N) is 1. The van der Waals surface area contributed by atoms with Gasteiger partial charge in [-0.1, -0.05) is 30.3 Å². The van der Waals surface area contributed by atoms with E-state index in [1.54, 1.807) is 6.07 Å². The molecule has 4 heteroatoms. The molecule has 3 aromatic rings. The topological polar surface area (TPSA) is 68.0 Å². The highest BCUT2D eigenvalue weighted by molar-refractivity contribution is 6.06. The number of rotatable bonds is 2. The number of amides is 1. The first-order chi connectivity index (χ1) is 10.1. The Labute approximate surface area is 122 Å². The molecule has 3 rings (SSSR count). The summed E-state index contributed by atoms with van der Waals surface area (Å²) in [5.41, 5.74) is 7.68. The van der Waals surface area contributed by atoms with E-state index >= 15 is 0 Å². The van der Waals surface area contributed by atoms with Crippen LogP contribution in [0.25, 0.3) is 10.8 Å². The summed E-state index contributed by atoms with van der Waals surface area (Å²) in [4.78, 5) is 16.5. The Bertz CT molecular complexity index is 827. The highest BCUT2D eigenvalue weighted by Crippen LogP contribution is 2.18. The Morgan fingerprint density at radius 1 is 1.10 bits per heavy atom. The maximum absolute atomic E-state index is 12.3. The van der Waals surface area contributed by atoms with Gasteiger partial charge in [-0.15, -0.1) is 0 Å². The second-order valence-electron chi connectivity index (χ2n) is 4.95. The number of fused-ring (bicyclic) bond motifs is 1. The Hall–Kier alpha value is -2.88. The van der Waals surface area contributed by atoms with Crippen LogP contribution < -0.4 is 11.1 Å². The highest BCUT2D eigenvalue weighted by Gasteiger charge is 2.09. The average molecular weight is 277 g/mol. The maximum Gasteiger partial charge on any atom is 0.256 e. The number of hydrogen-bond donors (Lipinski definition) is 2. The lowest BCUT2D eigenvalue weighted by Gasteiger charge is -2.08. The molecule has 0 saturated heterocycles. The lowest BCUT2D eigenvalue weighted by molar-refractivity contribution is 0.102. The molecule has 0 aliphatic rings. The summed E-state index contributed by atoms with van der Waals surface area (Å²) < 4.78 is 0. The summed E-state index contributed by atoms with van der Waals surface area (Å²) in [5, 5.41) is 4.95. The van der Waals surface area contributed by atoms with Crippen molar-refractivity contribution in [2.45, 2.75) is 6.92 Å². The number of hydrogen-bond acceptors (Lipinski definition) is 3. The third-order valence-electron chi connectivity index (χ3n) is 3.34. The van der Waals surface area contributed by atoms with Crippen LogP contribution in [0.15, 0.2) is 54.7 Å². The monoisotopic (exact) mass is 277 g/mol. The zero-order valence-electron chi connectivity index (χ0n) is 11.6. The van der Waals surface area contributed by atoms with E-state index in [0.29, 0.717) is 17.1 Å². The molecule has 1 heterocycles. The van der Waals surface area contributed by atoms with Crippen molar-refractivity contribution in [2.75, 3.05) is 11.1 Å². The summed E-state index contributed by atoms with van der Waals surface area (Å²) in [6.07, 6.45) is 1.53. The normalized spacial score (nSPS) is 10.5. The molecule has 0 fully saturated rings. The molecule has 2 aromatic carbocycles. The lowest BCUT2D eigenvalue weighted by Crippen LogP contribution is -2.14. The Kier molecular flexibility index (Phi) is 3.28. The maximum atomic E-state index is 12.3. The van der Waals surface area contributed by atoms with Gasteiger partial charge in [0.2, 0.25) is 0 Å². The van der Waals surface area contributed by atoms with Crippen molar-refractivity contribution in [2.24, 2.45) is 0 Å². The van der Waals surface area contributed by atoms with Gasteiger partial charge in [0, 0.05) is 5.56 Å². The van der Waals surface area contributed by atoms with Gasteiger partial charge in [-0.25, -0.2) is 4.98 Å². The Morgan fingerprint density at radius 3 is 2.62 bits per heavy atom. The van der Waals surface area contributed by atoms with Crippen LogP contribution in [0, 0.1) is 6.92 Å². The fourth-order valence-corrected chi connectivity index (χ4v) is 2.24. The molecular weight excluding hydrogens is 262 g/mol. The molecule has 21 heavy (non-hydrogen) atoms. The van der Waals surface area contributed by atoms with Crippen molar-refractivity contribution < 1.29 is 4.79 Å². The molecule has 0 radical (unpaired) electrons. The molecule has 0 saturated carbocycles. The summed E-state index contributed by atoms with van der Waals surface area (Å²) in [6.45, 7) is 1.86. The summed E-state index contributed by atoms with van der Waals surface area (Å²) >= 11 is 0. The largest absolute Gasteiger partial charge is 0.397 e. The van der Waals surface area contributed by atoms with Gasteiger partial charge in [-0.3, -0.25) is 4.79 Å². The van der Waals surface area contributed by atoms with Gasteiger partial charge in [-0.2, -0.15) is 0 Å². The minimum atomic E-state index is -0.180. The first-order valence-corrected chi connectivity index (χ1v) is 6.66. The highest BCUT2D eigenvalue weighted by atomic mass is 16.1. The molecule has 0 atom stereocenters. The van der Waals surface area contributed by atoms with E-state index in [0.717, 1.165) is 16.3 Å². The number of carbonyl (C=O) groups excluding carboxylic acids is 1. The van der Waals surface area contributed by atoms with E-state index in [2.05, 4.69) is 10.3 Å². The predicted octanol–water partition coefficient (Wildman–Crippen LogP) is 3.38. The summed E-state index contributed by atoms with van der Waals surface area (Å²) in [5.74, 6) is 0.350. The zero-order valence-corrected chi connectivity index (χ0v) is 11.6. The van der Waals surface area contributed by atoms with Crippen molar-refractivity contribution in [3.8, 4) is 0 Å². The number of nitrogen functional groups attached to an aromatic ring is 1. The van der Waals surface area contributed by atoms with Crippen LogP contribution in [0.2, 0.25) is 0 Å². The second kappa shape index (κ2) is 5.25. The van der Waals surface area contributed by atoms with Crippen molar-refractivity contribution in [1.82, 2.24) is 4.98 Å². The molecule has 0 aliphatic carbocycles. The first kappa shape index (κ1) is 13.1. The fourth-order valence-electron chi connectivity index (χ4n) is 2.24. The van der Waals surface area contributed by atoms with Crippen molar-refractivity contribution >= 4 is 28.2 Å². The zero-order chi connectivity index (χ0) is 14.8. The number of aryl methyl sites for hydroxylation is 1.